The van der Waals surface area contributed by atoms with Gasteiger partial charge in [0.1, 0.15) is 0 Å². The van der Waals surface area contributed by atoms with Gasteiger partial charge in [-0.2, -0.15) is 0 Å². The highest BCUT2D eigenvalue weighted by atomic mass is 35.5. The fourth-order valence-corrected chi connectivity index (χ4v) is 2.35. The largest absolute Gasteiger partial charge is 0.316 e. The lowest BCUT2D eigenvalue weighted by Gasteiger charge is -2.21. The van der Waals surface area contributed by atoms with Crippen LogP contribution in [-0.2, 0) is 6.54 Å². The lowest BCUT2D eigenvalue weighted by molar-refractivity contribution is 0.274. The van der Waals surface area contributed by atoms with Crippen LogP contribution in [0.1, 0.15) is 25.8 Å². The Morgan fingerprint density at radius 2 is 2.17 bits per heavy atom. The average molecular weight is 269 g/mol. The van der Waals surface area contributed by atoms with Crippen molar-refractivity contribution in [1.29, 1.82) is 0 Å². The highest BCUT2D eigenvalue weighted by Crippen LogP contribution is 2.12. The quantitative estimate of drug-likeness (QED) is 0.727. The van der Waals surface area contributed by atoms with Crippen molar-refractivity contribution in [2.45, 2.75) is 26.8 Å². The first-order valence-electron chi connectivity index (χ1n) is 6.75. The molecule has 0 aliphatic rings. The van der Waals surface area contributed by atoms with Crippen LogP contribution >= 0.6 is 11.6 Å². The number of nitrogens with one attached hydrogen (secondary N) is 1. The van der Waals surface area contributed by atoms with Crippen LogP contribution in [0.15, 0.2) is 24.3 Å². The molecular weight excluding hydrogens is 244 g/mol. The molecule has 3 heteroatoms. The van der Waals surface area contributed by atoms with Crippen LogP contribution in [0, 0.1) is 5.92 Å². The summed E-state index contributed by atoms with van der Waals surface area (Å²) in [5.41, 5.74) is 1.28. The van der Waals surface area contributed by atoms with Crippen LogP contribution in [0.4, 0.5) is 0 Å². The molecule has 0 heterocycles. The van der Waals surface area contributed by atoms with Crippen molar-refractivity contribution < 1.29 is 0 Å². The maximum Gasteiger partial charge on any atom is 0.0409 e. The van der Waals surface area contributed by atoms with Crippen molar-refractivity contribution in [3.63, 3.8) is 0 Å². The molecule has 0 bridgehead atoms. The Labute approximate surface area is 116 Å². The second-order valence-corrected chi connectivity index (χ2v) is 5.57. The van der Waals surface area contributed by atoms with E-state index in [1.165, 1.54) is 12.0 Å². The number of halogens is 1. The summed E-state index contributed by atoms with van der Waals surface area (Å²) in [4.78, 5) is 2.35. The monoisotopic (exact) mass is 268 g/mol. The molecule has 0 radical (unpaired) electrons. The van der Waals surface area contributed by atoms with Gasteiger partial charge in [-0.1, -0.05) is 37.6 Å². The molecule has 1 aromatic carbocycles. The zero-order valence-corrected chi connectivity index (χ0v) is 12.5. The Morgan fingerprint density at radius 1 is 1.39 bits per heavy atom. The van der Waals surface area contributed by atoms with Gasteiger partial charge in [0.15, 0.2) is 0 Å². The van der Waals surface area contributed by atoms with Crippen molar-refractivity contribution in [3.8, 4) is 0 Å². The van der Waals surface area contributed by atoms with E-state index >= 15 is 0 Å². The van der Waals surface area contributed by atoms with Crippen molar-refractivity contribution in [2.24, 2.45) is 5.92 Å². The topological polar surface area (TPSA) is 15.3 Å². The molecule has 0 saturated heterocycles. The van der Waals surface area contributed by atoms with Gasteiger partial charge >= 0.3 is 0 Å². The number of hydrogen-bond acceptors (Lipinski definition) is 2. The average Bonchev–Trinajstić information content (AvgIpc) is 2.29. The molecule has 102 valence electrons. The van der Waals surface area contributed by atoms with E-state index in [-0.39, 0.29) is 0 Å². The summed E-state index contributed by atoms with van der Waals surface area (Å²) in [6.07, 6.45) is 1.20. The number of rotatable bonds is 8. The zero-order chi connectivity index (χ0) is 13.4. The lowest BCUT2D eigenvalue weighted by Crippen LogP contribution is -2.31. The molecule has 0 aromatic heterocycles. The Hall–Kier alpha value is -0.570. The third-order valence-electron chi connectivity index (χ3n) is 2.88. The zero-order valence-electron chi connectivity index (χ0n) is 11.7. The smallest absolute Gasteiger partial charge is 0.0409 e. The Kier molecular flexibility index (Phi) is 7.33. The van der Waals surface area contributed by atoms with Crippen LogP contribution in [0.2, 0.25) is 5.02 Å². The van der Waals surface area contributed by atoms with E-state index in [0.717, 1.165) is 31.2 Å². The lowest BCUT2D eigenvalue weighted by atomic mass is 10.1. The maximum atomic E-state index is 5.99. The Balaban J connectivity index is 2.30. The molecule has 2 nitrogen and oxygen atoms in total. The minimum atomic E-state index is 0.667. The highest BCUT2D eigenvalue weighted by molar-refractivity contribution is 6.30. The predicted octanol–water partition coefficient (Wildman–Crippen LogP) is 3.41. The third-order valence-corrected chi connectivity index (χ3v) is 3.12. The summed E-state index contributed by atoms with van der Waals surface area (Å²) in [6.45, 7) is 8.75. The van der Waals surface area contributed by atoms with Crippen LogP contribution in [0.25, 0.3) is 0 Å². The third kappa shape index (κ3) is 6.39. The fraction of sp³-hybridized carbons (Fsp3) is 0.600. The first-order chi connectivity index (χ1) is 8.61. The van der Waals surface area contributed by atoms with E-state index in [9.17, 15) is 0 Å². The molecule has 0 aliphatic heterocycles. The molecule has 0 aliphatic carbocycles. The molecule has 1 unspecified atom stereocenters. The summed E-state index contributed by atoms with van der Waals surface area (Å²) < 4.78 is 0. The molecule has 18 heavy (non-hydrogen) atoms. The van der Waals surface area contributed by atoms with Gasteiger partial charge in [-0.05, 0) is 50.2 Å². The number of benzene rings is 1. The second kappa shape index (κ2) is 8.52. The van der Waals surface area contributed by atoms with Crippen LogP contribution in [0.5, 0.6) is 0 Å². The molecule has 0 fully saturated rings. The van der Waals surface area contributed by atoms with E-state index < -0.39 is 0 Å². The van der Waals surface area contributed by atoms with Gasteiger partial charge in [0.25, 0.3) is 0 Å². The maximum absolute atomic E-state index is 5.99. The summed E-state index contributed by atoms with van der Waals surface area (Å²) in [7, 11) is 2.16. The Morgan fingerprint density at radius 3 is 2.83 bits per heavy atom. The summed E-state index contributed by atoms with van der Waals surface area (Å²) in [6, 6.07) is 8.10. The number of hydrogen-bond donors (Lipinski definition) is 1. The summed E-state index contributed by atoms with van der Waals surface area (Å²) >= 11 is 5.99. The van der Waals surface area contributed by atoms with Gasteiger partial charge in [0.2, 0.25) is 0 Å². The first kappa shape index (κ1) is 15.5. The highest BCUT2D eigenvalue weighted by Gasteiger charge is 2.06. The predicted molar refractivity (Wildman–Crippen MR) is 80.1 cm³/mol. The normalized spacial score (nSPS) is 12.9. The number of nitrogens with zero attached hydrogens (tertiary/aromatic N) is 1. The summed E-state index contributed by atoms with van der Waals surface area (Å²) in [5.74, 6) is 0.667. The first-order valence-corrected chi connectivity index (χ1v) is 7.13. The van der Waals surface area contributed by atoms with E-state index in [1.54, 1.807) is 0 Å². The van der Waals surface area contributed by atoms with Crippen LogP contribution in [0.3, 0.4) is 0 Å². The standard InChI is InChI=1S/C15H25ClN2/c1-4-8-17-10-13(2)11-18(3)12-14-6-5-7-15(16)9-14/h5-7,9,13,17H,4,8,10-12H2,1-3H3. The minimum Gasteiger partial charge on any atom is -0.316 e. The fourth-order valence-electron chi connectivity index (χ4n) is 2.13. The van der Waals surface area contributed by atoms with Crippen molar-refractivity contribution in [1.82, 2.24) is 10.2 Å². The molecule has 0 amide bonds. The van der Waals surface area contributed by atoms with Gasteiger partial charge in [0.05, 0.1) is 0 Å². The van der Waals surface area contributed by atoms with E-state index in [0.29, 0.717) is 5.92 Å². The Bertz CT molecular complexity index is 341. The van der Waals surface area contributed by atoms with Gasteiger partial charge in [-0.25, -0.2) is 0 Å². The van der Waals surface area contributed by atoms with Crippen LogP contribution in [-0.4, -0.2) is 31.6 Å². The van der Waals surface area contributed by atoms with E-state index in [2.05, 4.69) is 37.2 Å². The second-order valence-electron chi connectivity index (χ2n) is 5.14. The van der Waals surface area contributed by atoms with Crippen LogP contribution < -0.4 is 5.32 Å². The molecule has 0 saturated carbocycles. The molecule has 1 aromatic rings. The molecule has 1 rings (SSSR count). The van der Waals surface area contributed by atoms with E-state index in [1.807, 2.05) is 18.2 Å². The molecule has 0 spiro atoms. The molecule has 1 atom stereocenters. The van der Waals surface area contributed by atoms with Crippen molar-refractivity contribution >= 4 is 11.6 Å². The van der Waals surface area contributed by atoms with Gasteiger partial charge < -0.3 is 10.2 Å². The van der Waals surface area contributed by atoms with Gasteiger partial charge in [-0.3, -0.25) is 0 Å². The SMILES string of the molecule is CCCNCC(C)CN(C)Cc1cccc(Cl)c1. The van der Waals surface area contributed by atoms with Gasteiger partial charge in [-0.15, -0.1) is 0 Å². The van der Waals surface area contributed by atoms with Crippen molar-refractivity contribution in [3.05, 3.63) is 34.9 Å². The van der Waals surface area contributed by atoms with E-state index in [4.69, 9.17) is 11.6 Å². The summed E-state index contributed by atoms with van der Waals surface area (Å²) in [5, 5.41) is 4.28. The minimum absolute atomic E-state index is 0.667. The van der Waals surface area contributed by atoms with Crippen molar-refractivity contribution in [2.75, 3.05) is 26.7 Å². The molecular formula is C15H25ClN2. The van der Waals surface area contributed by atoms with Gasteiger partial charge in [0, 0.05) is 18.1 Å². The molecule has 1 N–H and O–H groups in total.